The predicted molar refractivity (Wildman–Crippen MR) is 133 cm³/mol. The lowest BCUT2D eigenvalue weighted by Crippen LogP contribution is -2.26. The molecule has 0 aliphatic rings. The molecule has 176 valence electrons. The van der Waals surface area contributed by atoms with Crippen LogP contribution in [0.2, 0.25) is 5.02 Å². The van der Waals surface area contributed by atoms with Gasteiger partial charge in [-0.1, -0.05) is 36.7 Å². The molecule has 4 aromatic rings. The van der Waals surface area contributed by atoms with Crippen LogP contribution in [0.1, 0.15) is 48.2 Å². The van der Waals surface area contributed by atoms with E-state index in [-0.39, 0.29) is 29.6 Å². The van der Waals surface area contributed by atoms with E-state index in [2.05, 4.69) is 4.98 Å². The average molecular weight is 479 g/mol. The molecule has 0 saturated heterocycles. The standard InChI is InChI=1S/C26H27ClN4O3/c1-5-21-29-25-22(26(33)31(21)15-18-8-6-10-19(27)12-18)24(34-16(2)3)23(30(25)4)20(32)13-17-9-7-11-28-14-17/h6-12,14,16H,5,13,15H2,1-4H3. The predicted octanol–water partition coefficient (Wildman–Crippen LogP) is 4.61. The van der Waals surface area contributed by atoms with Gasteiger partial charge in [0.15, 0.2) is 17.2 Å². The van der Waals surface area contributed by atoms with Crippen LogP contribution in [0.15, 0.2) is 53.6 Å². The molecule has 7 nitrogen and oxygen atoms in total. The van der Waals surface area contributed by atoms with Gasteiger partial charge in [0, 0.05) is 37.3 Å². The molecule has 0 spiro atoms. The summed E-state index contributed by atoms with van der Waals surface area (Å²) in [6, 6.07) is 11.0. The highest BCUT2D eigenvalue weighted by molar-refractivity contribution is 6.30. The maximum atomic E-state index is 13.8. The second kappa shape index (κ2) is 9.81. The summed E-state index contributed by atoms with van der Waals surface area (Å²) in [6.07, 6.45) is 3.79. The number of hydrogen-bond acceptors (Lipinski definition) is 5. The molecule has 0 unspecified atom stereocenters. The van der Waals surface area contributed by atoms with Crippen LogP contribution in [-0.4, -0.2) is 31.0 Å². The van der Waals surface area contributed by atoms with Crippen molar-refractivity contribution in [2.45, 2.75) is 46.3 Å². The Labute approximate surface area is 203 Å². The molecular formula is C26H27ClN4O3. The Hall–Kier alpha value is -3.45. The Kier molecular flexibility index (Phi) is 6.84. The van der Waals surface area contributed by atoms with Crippen LogP contribution in [0.25, 0.3) is 11.0 Å². The molecule has 3 aromatic heterocycles. The first-order chi connectivity index (χ1) is 16.3. The summed E-state index contributed by atoms with van der Waals surface area (Å²) in [5.41, 5.74) is 2.21. The van der Waals surface area contributed by atoms with E-state index in [1.165, 1.54) is 0 Å². The van der Waals surface area contributed by atoms with Gasteiger partial charge in [-0.15, -0.1) is 0 Å². The molecule has 0 radical (unpaired) electrons. The number of fused-ring (bicyclic) bond motifs is 1. The zero-order chi connectivity index (χ0) is 24.4. The summed E-state index contributed by atoms with van der Waals surface area (Å²) in [6.45, 7) is 6.00. The average Bonchev–Trinajstić information content (AvgIpc) is 3.07. The van der Waals surface area contributed by atoms with Crippen LogP contribution < -0.4 is 10.3 Å². The number of benzene rings is 1. The Morgan fingerprint density at radius 1 is 1.18 bits per heavy atom. The lowest BCUT2D eigenvalue weighted by Gasteiger charge is -2.13. The van der Waals surface area contributed by atoms with Crippen molar-refractivity contribution in [1.82, 2.24) is 19.1 Å². The van der Waals surface area contributed by atoms with Crippen molar-refractivity contribution >= 4 is 28.4 Å². The third-order valence-electron chi connectivity index (χ3n) is 5.58. The summed E-state index contributed by atoms with van der Waals surface area (Å²) in [7, 11) is 1.75. The fourth-order valence-corrected chi connectivity index (χ4v) is 4.30. The van der Waals surface area contributed by atoms with E-state index < -0.39 is 0 Å². The van der Waals surface area contributed by atoms with E-state index in [9.17, 15) is 9.59 Å². The van der Waals surface area contributed by atoms with Crippen LogP contribution in [-0.2, 0) is 26.4 Å². The molecule has 0 saturated carbocycles. The van der Waals surface area contributed by atoms with E-state index in [0.29, 0.717) is 40.5 Å². The topological polar surface area (TPSA) is 79.0 Å². The molecule has 0 fully saturated rings. The number of aromatic nitrogens is 4. The third-order valence-corrected chi connectivity index (χ3v) is 5.81. The van der Waals surface area contributed by atoms with Crippen molar-refractivity contribution in [2.24, 2.45) is 7.05 Å². The summed E-state index contributed by atoms with van der Waals surface area (Å²) < 4.78 is 9.40. The van der Waals surface area contributed by atoms with Crippen molar-refractivity contribution in [2.75, 3.05) is 0 Å². The highest BCUT2D eigenvalue weighted by Crippen LogP contribution is 2.32. The summed E-state index contributed by atoms with van der Waals surface area (Å²) >= 11 is 6.16. The molecule has 0 amide bonds. The van der Waals surface area contributed by atoms with Gasteiger partial charge in [-0.2, -0.15) is 0 Å². The zero-order valence-corrected chi connectivity index (χ0v) is 20.5. The van der Waals surface area contributed by atoms with Crippen molar-refractivity contribution in [3.8, 4) is 5.75 Å². The van der Waals surface area contributed by atoms with Gasteiger partial charge in [-0.25, -0.2) is 4.98 Å². The van der Waals surface area contributed by atoms with Crippen LogP contribution in [0.3, 0.4) is 0 Å². The quantitative estimate of drug-likeness (QED) is 0.346. The first-order valence-corrected chi connectivity index (χ1v) is 11.6. The Morgan fingerprint density at radius 3 is 2.59 bits per heavy atom. The molecule has 0 aliphatic heterocycles. The smallest absolute Gasteiger partial charge is 0.267 e. The Bertz CT molecular complexity index is 1410. The van der Waals surface area contributed by atoms with E-state index in [4.69, 9.17) is 21.3 Å². The molecule has 3 heterocycles. The maximum Gasteiger partial charge on any atom is 0.267 e. The molecule has 0 aliphatic carbocycles. The second-order valence-electron chi connectivity index (χ2n) is 8.47. The Morgan fingerprint density at radius 2 is 1.94 bits per heavy atom. The molecule has 4 rings (SSSR count). The fraction of sp³-hybridized carbons (Fsp3) is 0.308. The minimum atomic E-state index is -0.242. The van der Waals surface area contributed by atoms with Gasteiger partial charge in [0.05, 0.1) is 12.6 Å². The first-order valence-electron chi connectivity index (χ1n) is 11.2. The largest absolute Gasteiger partial charge is 0.488 e. The van der Waals surface area contributed by atoms with Crippen molar-refractivity contribution in [3.05, 3.63) is 86.8 Å². The molecule has 34 heavy (non-hydrogen) atoms. The third kappa shape index (κ3) is 4.61. The zero-order valence-electron chi connectivity index (χ0n) is 19.7. The molecule has 0 atom stereocenters. The van der Waals surface area contributed by atoms with Gasteiger partial charge in [0.1, 0.15) is 16.9 Å². The molecule has 1 aromatic carbocycles. The van der Waals surface area contributed by atoms with Crippen LogP contribution in [0, 0.1) is 0 Å². The van der Waals surface area contributed by atoms with E-state index >= 15 is 0 Å². The maximum absolute atomic E-state index is 13.8. The summed E-state index contributed by atoms with van der Waals surface area (Å²) in [4.78, 5) is 36.1. The summed E-state index contributed by atoms with van der Waals surface area (Å²) in [5.74, 6) is 0.741. The number of ketones is 1. The number of pyridine rings is 1. The van der Waals surface area contributed by atoms with Crippen molar-refractivity contribution in [1.29, 1.82) is 0 Å². The lowest BCUT2D eigenvalue weighted by molar-refractivity contribution is 0.0979. The van der Waals surface area contributed by atoms with Crippen LogP contribution in [0.4, 0.5) is 0 Å². The second-order valence-corrected chi connectivity index (χ2v) is 8.90. The van der Waals surface area contributed by atoms with Gasteiger partial charge in [0.25, 0.3) is 5.56 Å². The lowest BCUT2D eigenvalue weighted by atomic mass is 10.1. The summed E-state index contributed by atoms with van der Waals surface area (Å²) in [5, 5.41) is 0.912. The van der Waals surface area contributed by atoms with E-state index in [1.807, 2.05) is 45.0 Å². The monoisotopic (exact) mass is 478 g/mol. The van der Waals surface area contributed by atoms with Crippen LogP contribution in [0.5, 0.6) is 5.75 Å². The number of Topliss-reactive ketones (excluding diaryl/α,β-unsaturated/α-hetero) is 1. The van der Waals surface area contributed by atoms with Gasteiger partial charge in [0.2, 0.25) is 0 Å². The number of carbonyl (C=O) groups excluding carboxylic acids is 1. The molecular weight excluding hydrogens is 452 g/mol. The number of halogens is 1. The number of carbonyl (C=O) groups is 1. The first kappa shape index (κ1) is 23.7. The Balaban J connectivity index is 1.91. The van der Waals surface area contributed by atoms with Gasteiger partial charge in [-0.05, 0) is 43.2 Å². The number of nitrogens with zero attached hydrogens (tertiary/aromatic N) is 4. The minimum absolute atomic E-state index is 0.143. The highest BCUT2D eigenvalue weighted by atomic mass is 35.5. The number of hydrogen-bond donors (Lipinski definition) is 0. The number of ether oxygens (including phenoxy) is 1. The molecule has 0 bridgehead atoms. The fourth-order valence-electron chi connectivity index (χ4n) is 4.09. The van der Waals surface area contributed by atoms with Gasteiger partial charge in [-0.3, -0.25) is 19.1 Å². The van der Waals surface area contributed by atoms with Crippen LogP contribution >= 0.6 is 11.6 Å². The van der Waals surface area contributed by atoms with Gasteiger partial charge < -0.3 is 9.30 Å². The van der Waals surface area contributed by atoms with Gasteiger partial charge >= 0.3 is 0 Å². The minimum Gasteiger partial charge on any atom is -0.488 e. The number of aryl methyl sites for hydroxylation is 2. The highest BCUT2D eigenvalue weighted by Gasteiger charge is 2.28. The van der Waals surface area contributed by atoms with Crippen molar-refractivity contribution < 1.29 is 9.53 Å². The van der Waals surface area contributed by atoms with E-state index in [0.717, 1.165) is 11.1 Å². The SMILES string of the molecule is CCc1nc2c(c(OC(C)C)c(C(=O)Cc3cccnc3)n2C)c(=O)n1Cc1cccc(Cl)c1. The van der Waals surface area contributed by atoms with Crippen molar-refractivity contribution in [3.63, 3.8) is 0 Å². The number of rotatable bonds is 8. The normalized spacial score (nSPS) is 11.4. The molecule has 0 N–H and O–H groups in total. The van der Waals surface area contributed by atoms with E-state index in [1.54, 1.807) is 40.7 Å². The molecule has 8 heteroatoms.